The minimum absolute atomic E-state index is 0.299. The minimum atomic E-state index is -4.74. The molecule has 2 aromatic heterocycles. The normalized spacial score (nSPS) is 11.8. The number of alkyl halides is 3. The largest absolute Gasteiger partial charge is 0.573 e. The van der Waals surface area contributed by atoms with Crippen LogP contribution in [0.1, 0.15) is 0 Å². The summed E-state index contributed by atoms with van der Waals surface area (Å²) in [6, 6.07) is 11.2. The number of aromatic nitrogens is 5. The van der Waals surface area contributed by atoms with E-state index in [1.54, 1.807) is 6.07 Å². The number of ether oxygens (including phenoxy) is 1. The molecule has 0 saturated carbocycles. The van der Waals surface area contributed by atoms with Crippen molar-refractivity contribution in [1.29, 1.82) is 0 Å². The van der Waals surface area contributed by atoms with Crippen molar-refractivity contribution in [3.63, 3.8) is 0 Å². The third kappa shape index (κ3) is 3.03. The summed E-state index contributed by atoms with van der Waals surface area (Å²) in [4.78, 5) is 4.09. The summed E-state index contributed by atoms with van der Waals surface area (Å²) in [6.07, 6.45) is -3.35. The molecule has 0 radical (unpaired) electrons. The summed E-state index contributed by atoms with van der Waals surface area (Å²) in [6.45, 7) is 0. The van der Waals surface area contributed by atoms with Crippen LogP contribution in [0.5, 0.6) is 5.75 Å². The second-order valence-corrected chi connectivity index (χ2v) is 5.24. The molecule has 9 heteroatoms. The van der Waals surface area contributed by atoms with Gasteiger partial charge in [-0.25, -0.2) is 4.98 Å². The van der Waals surface area contributed by atoms with Gasteiger partial charge in [-0.1, -0.05) is 12.1 Å². The number of fused-ring (bicyclic) bond motifs is 1. The zero-order chi connectivity index (χ0) is 17.4. The van der Waals surface area contributed by atoms with Crippen molar-refractivity contribution >= 4 is 10.9 Å². The first-order valence-corrected chi connectivity index (χ1v) is 7.20. The molecule has 0 spiro atoms. The lowest BCUT2D eigenvalue weighted by Gasteiger charge is -2.09. The average Bonchev–Trinajstić information content (AvgIpc) is 3.22. The smallest absolute Gasteiger partial charge is 0.406 e. The van der Waals surface area contributed by atoms with Crippen LogP contribution in [0.15, 0.2) is 48.8 Å². The standard InChI is InChI=1S/C16H10F3N5O/c17-16(18,19)25-11-3-1-2-9(6-11)14-12-7-10(15-20-8-21-24-15)4-5-13(12)22-23-14/h1-8H,(H,22,23)(H,20,21,24). The first-order chi connectivity index (χ1) is 12.0. The van der Waals surface area contributed by atoms with Gasteiger partial charge in [-0.2, -0.15) is 10.2 Å². The molecule has 2 aromatic carbocycles. The fourth-order valence-corrected chi connectivity index (χ4v) is 2.57. The number of nitrogens with zero attached hydrogens (tertiary/aromatic N) is 3. The highest BCUT2D eigenvalue weighted by Crippen LogP contribution is 2.32. The molecule has 2 N–H and O–H groups in total. The van der Waals surface area contributed by atoms with Crippen LogP contribution in [0.25, 0.3) is 33.5 Å². The van der Waals surface area contributed by atoms with Crippen molar-refractivity contribution in [2.24, 2.45) is 0 Å². The van der Waals surface area contributed by atoms with Gasteiger partial charge in [-0.05, 0) is 30.3 Å². The van der Waals surface area contributed by atoms with E-state index in [-0.39, 0.29) is 5.75 Å². The van der Waals surface area contributed by atoms with Gasteiger partial charge in [0.2, 0.25) is 0 Å². The predicted octanol–water partition coefficient (Wildman–Crippen LogP) is 3.91. The maximum atomic E-state index is 12.4. The third-order valence-corrected chi connectivity index (χ3v) is 3.59. The van der Waals surface area contributed by atoms with Gasteiger partial charge in [0.05, 0.1) is 5.52 Å². The molecular weight excluding hydrogens is 335 g/mol. The van der Waals surface area contributed by atoms with Crippen LogP contribution in [0.4, 0.5) is 13.2 Å². The van der Waals surface area contributed by atoms with Gasteiger partial charge in [-0.3, -0.25) is 10.2 Å². The quantitative estimate of drug-likeness (QED) is 0.590. The number of rotatable bonds is 3. The highest BCUT2D eigenvalue weighted by Gasteiger charge is 2.31. The molecule has 25 heavy (non-hydrogen) atoms. The Morgan fingerprint density at radius 2 is 1.84 bits per heavy atom. The molecule has 6 nitrogen and oxygen atoms in total. The van der Waals surface area contributed by atoms with Gasteiger partial charge in [0, 0.05) is 16.5 Å². The Kier molecular flexibility index (Phi) is 3.41. The van der Waals surface area contributed by atoms with Crippen molar-refractivity contribution in [2.45, 2.75) is 6.36 Å². The minimum Gasteiger partial charge on any atom is -0.406 e. The molecule has 0 aliphatic rings. The number of H-pyrrole nitrogens is 2. The van der Waals surface area contributed by atoms with E-state index in [0.29, 0.717) is 17.1 Å². The van der Waals surface area contributed by atoms with Crippen LogP contribution in [0.2, 0.25) is 0 Å². The average molecular weight is 345 g/mol. The van der Waals surface area contributed by atoms with Crippen molar-refractivity contribution in [3.05, 3.63) is 48.8 Å². The van der Waals surface area contributed by atoms with Gasteiger partial charge in [0.1, 0.15) is 17.8 Å². The summed E-state index contributed by atoms with van der Waals surface area (Å²) in [5.41, 5.74) is 2.56. The molecule has 0 saturated heterocycles. The molecule has 126 valence electrons. The number of nitrogens with one attached hydrogen (secondary N) is 2. The van der Waals surface area contributed by atoms with E-state index in [2.05, 4.69) is 30.1 Å². The van der Waals surface area contributed by atoms with Crippen molar-refractivity contribution in [2.75, 3.05) is 0 Å². The lowest BCUT2D eigenvalue weighted by molar-refractivity contribution is -0.274. The van der Waals surface area contributed by atoms with Gasteiger partial charge < -0.3 is 4.74 Å². The van der Waals surface area contributed by atoms with Crippen LogP contribution in [-0.2, 0) is 0 Å². The topological polar surface area (TPSA) is 79.5 Å². The fraction of sp³-hybridized carbons (Fsp3) is 0.0625. The molecular formula is C16H10F3N5O. The van der Waals surface area contributed by atoms with Crippen LogP contribution in [-0.4, -0.2) is 31.7 Å². The van der Waals surface area contributed by atoms with Gasteiger partial charge >= 0.3 is 6.36 Å². The first-order valence-electron chi connectivity index (χ1n) is 7.20. The predicted molar refractivity (Wildman–Crippen MR) is 83.6 cm³/mol. The zero-order valence-electron chi connectivity index (χ0n) is 12.5. The van der Waals surface area contributed by atoms with E-state index in [1.807, 2.05) is 18.2 Å². The SMILES string of the molecule is FC(F)(F)Oc1cccc(-c2n[nH]c3ccc(-c4ncn[nH]4)cc23)c1. The Bertz CT molecular complexity index is 1020. The van der Waals surface area contributed by atoms with Crippen molar-refractivity contribution in [3.8, 4) is 28.4 Å². The Labute approximate surface area is 138 Å². The Morgan fingerprint density at radius 3 is 2.60 bits per heavy atom. The molecule has 0 bridgehead atoms. The first kappa shape index (κ1) is 15.2. The second kappa shape index (κ2) is 5.62. The van der Waals surface area contributed by atoms with E-state index in [9.17, 15) is 13.2 Å². The second-order valence-electron chi connectivity index (χ2n) is 5.24. The van der Waals surface area contributed by atoms with Crippen molar-refractivity contribution < 1.29 is 17.9 Å². The highest BCUT2D eigenvalue weighted by molar-refractivity contribution is 5.95. The Balaban J connectivity index is 1.79. The summed E-state index contributed by atoms with van der Waals surface area (Å²) < 4.78 is 41.2. The lowest BCUT2D eigenvalue weighted by Crippen LogP contribution is -2.17. The van der Waals surface area contributed by atoms with Gasteiger partial charge in [0.25, 0.3) is 0 Å². The van der Waals surface area contributed by atoms with Gasteiger partial charge in [-0.15, -0.1) is 13.2 Å². The molecule has 0 amide bonds. The number of halogens is 3. The molecule has 0 fully saturated rings. The number of hydrogen-bond donors (Lipinski definition) is 2. The monoisotopic (exact) mass is 345 g/mol. The highest BCUT2D eigenvalue weighted by atomic mass is 19.4. The van der Waals surface area contributed by atoms with Crippen LogP contribution < -0.4 is 4.74 Å². The number of aromatic amines is 2. The molecule has 0 aliphatic heterocycles. The van der Waals surface area contributed by atoms with Crippen LogP contribution in [0.3, 0.4) is 0 Å². The van der Waals surface area contributed by atoms with E-state index < -0.39 is 6.36 Å². The fourth-order valence-electron chi connectivity index (χ4n) is 2.57. The van der Waals surface area contributed by atoms with E-state index >= 15 is 0 Å². The van der Waals surface area contributed by atoms with E-state index in [1.165, 1.54) is 24.5 Å². The number of hydrogen-bond acceptors (Lipinski definition) is 4. The Hall–Kier alpha value is -3.36. The van der Waals surface area contributed by atoms with E-state index in [4.69, 9.17) is 0 Å². The molecule has 0 aliphatic carbocycles. The molecule has 4 rings (SSSR count). The Morgan fingerprint density at radius 1 is 0.960 bits per heavy atom. The molecule has 0 unspecified atom stereocenters. The third-order valence-electron chi connectivity index (χ3n) is 3.59. The lowest BCUT2D eigenvalue weighted by atomic mass is 10.1. The van der Waals surface area contributed by atoms with Crippen LogP contribution in [0, 0.1) is 0 Å². The summed E-state index contributed by atoms with van der Waals surface area (Å²) in [5.74, 6) is 0.288. The summed E-state index contributed by atoms with van der Waals surface area (Å²) in [7, 11) is 0. The summed E-state index contributed by atoms with van der Waals surface area (Å²) in [5, 5.41) is 14.4. The summed E-state index contributed by atoms with van der Waals surface area (Å²) >= 11 is 0. The number of benzene rings is 2. The van der Waals surface area contributed by atoms with Crippen molar-refractivity contribution in [1.82, 2.24) is 25.4 Å². The van der Waals surface area contributed by atoms with Crippen LogP contribution >= 0.6 is 0 Å². The maximum absolute atomic E-state index is 12.4. The molecule has 4 aromatic rings. The van der Waals surface area contributed by atoms with Gasteiger partial charge in [0.15, 0.2) is 5.82 Å². The zero-order valence-corrected chi connectivity index (χ0v) is 12.5. The van der Waals surface area contributed by atoms with E-state index in [0.717, 1.165) is 16.5 Å². The molecule has 2 heterocycles. The maximum Gasteiger partial charge on any atom is 0.573 e. The molecule has 0 atom stereocenters.